The number of nitrogens with zero attached hydrogens (tertiary/aromatic N) is 2. The first kappa shape index (κ1) is 15.3. The minimum atomic E-state index is 0.288. The Bertz CT molecular complexity index is 776. The van der Waals surface area contributed by atoms with Crippen LogP contribution in [0.5, 0.6) is 5.75 Å². The molecule has 0 spiro atoms. The van der Waals surface area contributed by atoms with Gasteiger partial charge in [0.1, 0.15) is 5.75 Å². The van der Waals surface area contributed by atoms with E-state index in [1.54, 1.807) is 0 Å². The van der Waals surface area contributed by atoms with E-state index in [9.17, 15) is 0 Å². The van der Waals surface area contributed by atoms with Gasteiger partial charge in [-0.05, 0) is 42.7 Å². The molecule has 0 saturated heterocycles. The van der Waals surface area contributed by atoms with Crippen LogP contribution in [0.15, 0.2) is 53.1 Å². The van der Waals surface area contributed by atoms with Gasteiger partial charge in [0.2, 0.25) is 5.82 Å². The van der Waals surface area contributed by atoms with Gasteiger partial charge in [-0.25, -0.2) is 0 Å². The van der Waals surface area contributed by atoms with Crippen LogP contribution in [0.4, 0.5) is 0 Å². The lowest BCUT2D eigenvalue weighted by Gasteiger charge is -2.07. The van der Waals surface area contributed by atoms with Gasteiger partial charge in [0.15, 0.2) is 6.61 Å². The summed E-state index contributed by atoms with van der Waals surface area (Å²) in [6.45, 7) is 6.66. The van der Waals surface area contributed by atoms with Crippen molar-refractivity contribution in [3.8, 4) is 17.2 Å². The maximum absolute atomic E-state index is 5.71. The second kappa shape index (κ2) is 6.65. The molecule has 0 radical (unpaired) electrons. The van der Waals surface area contributed by atoms with Gasteiger partial charge in [0.05, 0.1) is 0 Å². The molecular formula is C19H20N2O2. The molecule has 0 aliphatic heterocycles. The normalized spacial score (nSPS) is 11.0. The van der Waals surface area contributed by atoms with Gasteiger partial charge in [-0.3, -0.25) is 0 Å². The van der Waals surface area contributed by atoms with Gasteiger partial charge in [0.25, 0.3) is 5.89 Å². The van der Waals surface area contributed by atoms with E-state index in [0.717, 1.165) is 16.9 Å². The summed E-state index contributed by atoms with van der Waals surface area (Å²) >= 11 is 0. The van der Waals surface area contributed by atoms with Crippen molar-refractivity contribution in [3.63, 3.8) is 0 Å². The van der Waals surface area contributed by atoms with E-state index in [1.165, 1.54) is 5.56 Å². The number of aromatic nitrogens is 2. The predicted octanol–water partition coefficient (Wildman–Crippen LogP) is 4.75. The molecule has 4 nitrogen and oxygen atoms in total. The maximum Gasteiger partial charge on any atom is 0.258 e. The Kier molecular flexibility index (Phi) is 4.42. The summed E-state index contributed by atoms with van der Waals surface area (Å²) in [4.78, 5) is 4.38. The Labute approximate surface area is 136 Å². The molecule has 118 valence electrons. The molecule has 3 rings (SSSR count). The third-order valence-corrected chi connectivity index (χ3v) is 3.65. The molecule has 0 aliphatic rings. The van der Waals surface area contributed by atoms with E-state index in [-0.39, 0.29) is 6.61 Å². The van der Waals surface area contributed by atoms with Crippen molar-refractivity contribution >= 4 is 0 Å². The molecule has 0 bridgehead atoms. The Morgan fingerprint density at radius 2 is 1.87 bits per heavy atom. The zero-order chi connectivity index (χ0) is 16.2. The van der Waals surface area contributed by atoms with Gasteiger partial charge >= 0.3 is 0 Å². The molecule has 1 aromatic heterocycles. The second-order valence-corrected chi connectivity index (χ2v) is 5.90. The largest absolute Gasteiger partial charge is 0.485 e. The summed E-state index contributed by atoms with van der Waals surface area (Å²) in [5, 5.41) is 3.97. The fourth-order valence-corrected chi connectivity index (χ4v) is 2.30. The zero-order valence-electron chi connectivity index (χ0n) is 13.6. The van der Waals surface area contributed by atoms with Crippen molar-refractivity contribution in [1.29, 1.82) is 0 Å². The predicted molar refractivity (Wildman–Crippen MR) is 89.3 cm³/mol. The number of benzene rings is 2. The van der Waals surface area contributed by atoms with Crippen LogP contribution < -0.4 is 4.74 Å². The summed E-state index contributed by atoms with van der Waals surface area (Å²) in [7, 11) is 0. The van der Waals surface area contributed by atoms with Crippen LogP contribution in [0.1, 0.15) is 36.7 Å². The third-order valence-electron chi connectivity index (χ3n) is 3.65. The van der Waals surface area contributed by atoms with Crippen molar-refractivity contribution in [2.24, 2.45) is 0 Å². The lowest BCUT2D eigenvalue weighted by molar-refractivity contribution is 0.287. The minimum absolute atomic E-state index is 0.288. The lowest BCUT2D eigenvalue weighted by Crippen LogP contribution is -1.98. The summed E-state index contributed by atoms with van der Waals surface area (Å²) in [6.07, 6.45) is 0. The highest BCUT2D eigenvalue weighted by atomic mass is 16.5. The molecule has 2 aromatic carbocycles. The molecule has 0 N–H and O–H groups in total. The van der Waals surface area contributed by atoms with Gasteiger partial charge in [-0.2, -0.15) is 4.98 Å². The Morgan fingerprint density at radius 3 is 2.57 bits per heavy atom. The molecule has 1 heterocycles. The topological polar surface area (TPSA) is 48.2 Å². The van der Waals surface area contributed by atoms with Crippen LogP contribution >= 0.6 is 0 Å². The standard InChI is InChI=1S/C19H20N2O2/c1-13(2)15-7-9-17(10-8-15)22-12-18-20-19(23-21-18)16-6-4-5-14(3)11-16/h4-11,13H,12H2,1-3H3. The van der Waals surface area contributed by atoms with Gasteiger partial charge in [-0.1, -0.05) is 48.8 Å². The molecule has 4 heteroatoms. The second-order valence-electron chi connectivity index (χ2n) is 5.90. The van der Waals surface area contributed by atoms with Crippen LogP contribution in [0, 0.1) is 6.92 Å². The molecule has 23 heavy (non-hydrogen) atoms. The molecule has 0 unspecified atom stereocenters. The van der Waals surface area contributed by atoms with Crippen LogP contribution in [-0.2, 0) is 6.61 Å². The van der Waals surface area contributed by atoms with Crippen LogP contribution in [-0.4, -0.2) is 10.1 Å². The van der Waals surface area contributed by atoms with E-state index >= 15 is 0 Å². The summed E-state index contributed by atoms with van der Waals surface area (Å²) in [5.41, 5.74) is 3.37. The summed E-state index contributed by atoms with van der Waals surface area (Å²) in [5.74, 6) is 2.37. The first-order chi connectivity index (χ1) is 11.1. The SMILES string of the molecule is Cc1cccc(-c2nc(COc3ccc(C(C)C)cc3)no2)c1. The van der Waals surface area contributed by atoms with Gasteiger partial charge in [0, 0.05) is 5.56 Å². The summed E-state index contributed by atoms with van der Waals surface area (Å²) in [6, 6.07) is 16.1. The number of hydrogen-bond acceptors (Lipinski definition) is 4. The van der Waals surface area contributed by atoms with Crippen LogP contribution in [0.25, 0.3) is 11.5 Å². The first-order valence-corrected chi connectivity index (χ1v) is 7.74. The van der Waals surface area contributed by atoms with E-state index < -0.39 is 0 Å². The smallest absolute Gasteiger partial charge is 0.258 e. The zero-order valence-corrected chi connectivity index (χ0v) is 13.6. The average Bonchev–Trinajstić information content (AvgIpc) is 3.02. The van der Waals surface area contributed by atoms with Crippen molar-refractivity contribution < 1.29 is 9.26 Å². The van der Waals surface area contributed by atoms with Crippen molar-refractivity contribution in [2.45, 2.75) is 33.3 Å². The molecule has 0 amide bonds. The quantitative estimate of drug-likeness (QED) is 0.682. The highest BCUT2D eigenvalue weighted by Crippen LogP contribution is 2.21. The highest BCUT2D eigenvalue weighted by Gasteiger charge is 2.09. The lowest BCUT2D eigenvalue weighted by atomic mass is 10.0. The number of hydrogen-bond donors (Lipinski definition) is 0. The molecule has 0 saturated carbocycles. The van der Waals surface area contributed by atoms with Gasteiger partial charge in [-0.15, -0.1) is 0 Å². The van der Waals surface area contributed by atoms with E-state index in [0.29, 0.717) is 17.6 Å². The average molecular weight is 308 g/mol. The van der Waals surface area contributed by atoms with Crippen molar-refractivity contribution in [3.05, 3.63) is 65.5 Å². The number of aryl methyl sites for hydroxylation is 1. The molecular weight excluding hydrogens is 288 g/mol. The monoisotopic (exact) mass is 308 g/mol. The van der Waals surface area contributed by atoms with E-state index in [2.05, 4.69) is 36.1 Å². The van der Waals surface area contributed by atoms with Crippen molar-refractivity contribution in [2.75, 3.05) is 0 Å². The Hall–Kier alpha value is -2.62. The fraction of sp³-hybridized carbons (Fsp3) is 0.263. The van der Waals surface area contributed by atoms with Crippen LogP contribution in [0.3, 0.4) is 0 Å². The molecule has 0 fully saturated rings. The molecule has 0 atom stereocenters. The van der Waals surface area contributed by atoms with Crippen molar-refractivity contribution in [1.82, 2.24) is 10.1 Å². The summed E-state index contributed by atoms with van der Waals surface area (Å²) < 4.78 is 11.0. The fourth-order valence-electron chi connectivity index (χ4n) is 2.30. The van der Waals surface area contributed by atoms with Crippen LogP contribution in [0.2, 0.25) is 0 Å². The van der Waals surface area contributed by atoms with E-state index in [1.807, 2.05) is 43.3 Å². The number of rotatable bonds is 5. The Balaban J connectivity index is 1.65. The maximum atomic E-state index is 5.71. The van der Waals surface area contributed by atoms with E-state index in [4.69, 9.17) is 9.26 Å². The Morgan fingerprint density at radius 1 is 1.09 bits per heavy atom. The molecule has 0 aliphatic carbocycles. The minimum Gasteiger partial charge on any atom is -0.485 e. The molecule has 3 aromatic rings. The number of ether oxygens (including phenoxy) is 1. The van der Waals surface area contributed by atoms with Gasteiger partial charge < -0.3 is 9.26 Å². The third kappa shape index (κ3) is 3.77. The highest BCUT2D eigenvalue weighted by molar-refractivity contribution is 5.53. The first-order valence-electron chi connectivity index (χ1n) is 7.74.